The van der Waals surface area contributed by atoms with Crippen LogP contribution in [0.15, 0.2) is 47.0 Å². The van der Waals surface area contributed by atoms with Crippen LogP contribution in [0.2, 0.25) is 0 Å². The van der Waals surface area contributed by atoms with Gasteiger partial charge in [-0.05, 0) is 29.8 Å². The van der Waals surface area contributed by atoms with E-state index in [0.717, 1.165) is 6.07 Å². The summed E-state index contributed by atoms with van der Waals surface area (Å²) in [6.45, 7) is -0.956. The zero-order chi connectivity index (χ0) is 18.7. The quantitative estimate of drug-likeness (QED) is 0.648. The molecule has 8 heteroatoms. The SMILES string of the molecule is CNC(=O)c1noc(-c2ccc(O)cc2O)c1-c1ccc(OC[18F])cc1. The molecule has 0 bridgehead atoms. The monoisotopic (exact) mass is 357 g/mol. The average Bonchev–Trinajstić information content (AvgIpc) is 3.06. The number of phenolic OH excluding ortho intramolecular Hbond substituents is 2. The van der Waals surface area contributed by atoms with Gasteiger partial charge in [-0.25, -0.2) is 4.39 Å². The van der Waals surface area contributed by atoms with Crippen LogP contribution in [0.25, 0.3) is 22.5 Å². The predicted octanol–water partition coefficient (Wildman–Crippen LogP) is 3.09. The molecule has 0 aliphatic heterocycles. The lowest BCUT2D eigenvalue weighted by Crippen LogP contribution is -2.19. The molecular formula is C18H15FN2O5. The van der Waals surface area contributed by atoms with Gasteiger partial charge in [0.05, 0.1) is 11.1 Å². The molecule has 3 aromatic rings. The summed E-state index contributed by atoms with van der Waals surface area (Å²) >= 11 is 0. The third kappa shape index (κ3) is 3.16. The van der Waals surface area contributed by atoms with Gasteiger partial charge in [-0.2, -0.15) is 0 Å². The van der Waals surface area contributed by atoms with Crippen LogP contribution in [0, 0.1) is 0 Å². The lowest BCUT2D eigenvalue weighted by atomic mass is 9.98. The Morgan fingerprint density at radius 1 is 1.23 bits per heavy atom. The Morgan fingerprint density at radius 3 is 2.58 bits per heavy atom. The highest BCUT2D eigenvalue weighted by Gasteiger charge is 2.25. The van der Waals surface area contributed by atoms with Crippen molar-refractivity contribution in [2.24, 2.45) is 0 Å². The van der Waals surface area contributed by atoms with Crippen molar-refractivity contribution >= 4 is 5.91 Å². The number of halogens is 1. The number of hydrogen-bond acceptors (Lipinski definition) is 6. The zero-order valence-corrected chi connectivity index (χ0v) is 13.7. The van der Waals surface area contributed by atoms with Gasteiger partial charge in [0.15, 0.2) is 11.5 Å². The van der Waals surface area contributed by atoms with Gasteiger partial charge in [-0.15, -0.1) is 0 Å². The summed E-state index contributed by atoms with van der Waals surface area (Å²) in [7, 11) is 1.46. The molecule has 0 unspecified atom stereocenters. The van der Waals surface area contributed by atoms with Gasteiger partial charge in [0.25, 0.3) is 5.91 Å². The molecule has 0 saturated heterocycles. The minimum absolute atomic E-state index is 0.0223. The Kier molecular flexibility index (Phi) is 4.74. The molecule has 0 saturated carbocycles. The number of phenols is 2. The van der Waals surface area contributed by atoms with Gasteiger partial charge >= 0.3 is 0 Å². The molecule has 134 valence electrons. The van der Waals surface area contributed by atoms with E-state index >= 15 is 0 Å². The number of amides is 1. The molecule has 1 amide bonds. The number of nitrogens with zero attached hydrogens (tertiary/aromatic N) is 1. The summed E-state index contributed by atoms with van der Waals surface area (Å²) < 4.78 is 22.4. The van der Waals surface area contributed by atoms with E-state index in [2.05, 4.69) is 10.5 Å². The largest absolute Gasteiger partial charge is 0.508 e. The molecule has 26 heavy (non-hydrogen) atoms. The third-order valence-electron chi connectivity index (χ3n) is 3.72. The number of rotatable bonds is 5. The molecule has 2 aromatic carbocycles. The van der Waals surface area contributed by atoms with Gasteiger partial charge in [0.1, 0.15) is 17.2 Å². The van der Waals surface area contributed by atoms with Gasteiger partial charge in [-0.1, -0.05) is 17.3 Å². The van der Waals surface area contributed by atoms with Crippen molar-refractivity contribution in [3.05, 3.63) is 48.2 Å². The number of carbonyl (C=O) groups excluding carboxylic acids is 1. The second kappa shape index (κ2) is 7.14. The van der Waals surface area contributed by atoms with Gasteiger partial charge in [0, 0.05) is 13.1 Å². The van der Waals surface area contributed by atoms with E-state index in [0.29, 0.717) is 16.9 Å². The van der Waals surface area contributed by atoms with E-state index in [9.17, 15) is 19.4 Å². The van der Waals surface area contributed by atoms with Crippen LogP contribution in [0.5, 0.6) is 17.2 Å². The Hall–Kier alpha value is -3.55. The van der Waals surface area contributed by atoms with Gasteiger partial charge in [-0.3, -0.25) is 4.79 Å². The molecule has 0 aliphatic carbocycles. The molecule has 3 N–H and O–H groups in total. The fourth-order valence-electron chi connectivity index (χ4n) is 2.51. The predicted molar refractivity (Wildman–Crippen MR) is 90.7 cm³/mol. The van der Waals surface area contributed by atoms with E-state index in [1.54, 1.807) is 12.1 Å². The molecule has 0 radical (unpaired) electrons. The van der Waals surface area contributed by atoms with Crippen LogP contribution in [0.4, 0.5) is 4.39 Å². The molecule has 1 aromatic heterocycles. The minimum Gasteiger partial charge on any atom is -0.508 e. The molecule has 0 fully saturated rings. The number of aromatic nitrogens is 1. The van der Waals surface area contributed by atoms with Gasteiger partial charge in [0.2, 0.25) is 6.86 Å². The molecule has 0 atom stereocenters. The first kappa shape index (κ1) is 17.3. The van der Waals surface area contributed by atoms with Crippen LogP contribution >= 0.6 is 0 Å². The van der Waals surface area contributed by atoms with Crippen LogP contribution in [-0.2, 0) is 0 Å². The van der Waals surface area contributed by atoms with E-state index < -0.39 is 12.8 Å². The van der Waals surface area contributed by atoms with Crippen LogP contribution in [-0.4, -0.2) is 35.2 Å². The normalized spacial score (nSPS) is 10.5. The molecule has 0 aliphatic rings. The van der Waals surface area contributed by atoms with E-state index in [1.165, 1.54) is 31.3 Å². The third-order valence-corrected chi connectivity index (χ3v) is 3.72. The van der Waals surface area contributed by atoms with Crippen molar-refractivity contribution in [2.45, 2.75) is 0 Å². The number of ether oxygens (including phenoxy) is 1. The lowest BCUT2D eigenvalue weighted by molar-refractivity contribution is 0.0954. The Balaban J connectivity index is 2.17. The van der Waals surface area contributed by atoms with Gasteiger partial charge < -0.3 is 24.8 Å². The molecular weight excluding hydrogens is 342 g/mol. The number of hydrogen-bond donors (Lipinski definition) is 3. The molecule has 0 spiro atoms. The van der Waals surface area contributed by atoms with Crippen molar-refractivity contribution in [1.29, 1.82) is 0 Å². The number of carbonyl (C=O) groups is 1. The van der Waals surface area contributed by atoms with E-state index in [4.69, 9.17) is 9.26 Å². The maximum atomic E-state index is 12.3. The topological polar surface area (TPSA) is 105 Å². The van der Waals surface area contributed by atoms with Crippen molar-refractivity contribution in [3.8, 4) is 39.7 Å². The van der Waals surface area contributed by atoms with Crippen LogP contribution < -0.4 is 10.1 Å². The first-order valence-electron chi connectivity index (χ1n) is 7.58. The van der Waals surface area contributed by atoms with Crippen molar-refractivity contribution < 1.29 is 28.7 Å². The fourth-order valence-corrected chi connectivity index (χ4v) is 2.51. The smallest absolute Gasteiger partial charge is 0.273 e. The maximum absolute atomic E-state index is 12.3. The number of alkyl halides is 1. The van der Waals surface area contributed by atoms with E-state index in [-0.39, 0.29) is 28.5 Å². The number of benzene rings is 2. The number of aromatic hydroxyl groups is 2. The van der Waals surface area contributed by atoms with Crippen molar-refractivity contribution in [2.75, 3.05) is 13.9 Å². The average molecular weight is 357 g/mol. The maximum Gasteiger partial charge on any atom is 0.273 e. The molecule has 7 nitrogen and oxygen atoms in total. The summed E-state index contributed by atoms with van der Waals surface area (Å²) in [6, 6.07) is 10.3. The fraction of sp³-hybridized carbons (Fsp3) is 0.111. The second-order valence-electron chi connectivity index (χ2n) is 5.29. The van der Waals surface area contributed by atoms with Crippen molar-refractivity contribution in [1.82, 2.24) is 10.5 Å². The Morgan fingerprint density at radius 2 is 1.96 bits per heavy atom. The first-order valence-corrected chi connectivity index (χ1v) is 7.58. The summed E-state index contributed by atoms with van der Waals surface area (Å²) in [4.78, 5) is 12.2. The Labute approximate surface area is 147 Å². The van der Waals surface area contributed by atoms with Crippen LogP contribution in [0.1, 0.15) is 10.5 Å². The molecule has 3 rings (SSSR count). The second-order valence-corrected chi connectivity index (χ2v) is 5.29. The summed E-state index contributed by atoms with van der Waals surface area (Å²) in [6.07, 6.45) is 0. The standard InChI is InChI=1S/C18H15FN2O5/c1-20-18(24)16-15(10-2-5-12(6-3-10)25-9-19)17(26-21-16)13-7-4-11(22)8-14(13)23/h2-8,22-23H,9H2,1H3,(H,20,24)/i19-1. The van der Waals surface area contributed by atoms with Crippen LogP contribution in [0.3, 0.4) is 0 Å². The summed E-state index contributed by atoms with van der Waals surface area (Å²) in [5.74, 6) is -0.351. The molecule has 1 heterocycles. The van der Waals surface area contributed by atoms with E-state index in [1.807, 2.05) is 0 Å². The lowest BCUT2D eigenvalue weighted by Gasteiger charge is -2.07. The zero-order valence-electron chi connectivity index (χ0n) is 13.7. The minimum atomic E-state index is -0.956. The highest BCUT2D eigenvalue weighted by atomic mass is 18.2. The number of nitrogens with one attached hydrogen (secondary N) is 1. The Bertz CT molecular complexity index is 937. The highest BCUT2D eigenvalue weighted by molar-refractivity contribution is 6.02. The highest BCUT2D eigenvalue weighted by Crippen LogP contribution is 2.40. The van der Waals surface area contributed by atoms with Crippen molar-refractivity contribution in [3.63, 3.8) is 0 Å². The summed E-state index contributed by atoms with van der Waals surface area (Å²) in [5.41, 5.74) is 1.18. The summed E-state index contributed by atoms with van der Waals surface area (Å²) in [5, 5.41) is 25.9. The first-order chi connectivity index (χ1) is 12.5.